The van der Waals surface area contributed by atoms with E-state index in [1.165, 1.54) is 35.2 Å². The zero-order valence-electron chi connectivity index (χ0n) is 15.9. The van der Waals surface area contributed by atoms with Crippen molar-refractivity contribution >= 4 is 28.4 Å². The molecule has 146 valence electrons. The number of rotatable bonds is 6. The maximum Gasteiger partial charge on any atom is 0.274 e. The fraction of sp³-hybridized carbons (Fsp3) is 0.136. The number of hydrogen-bond acceptors (Lipinski definition) is 4. The molecule has 0 aliphatic rings. The number of carbonyl (C=O) groups is 1. The average molecular weight is 389 g/mol. The molecule has 0 spiro atoms. The first-order valence-electron chi connectivity index (χ1n) is 9.30. The van der Waals surface area contributed by atoms with E-state index in [9.17, 15) is 9.18 Å². The third-order valence-electron chi connectivity index (χ3n) is 4.54. The molecule has 2 heterocycles. The number of nitrogens with zero attached hydrogens (tertiary/aromatic N) is 2. The molecule has 6 nitrogen and oxygen atoms in total. The van der Waals surface area contributed by atoms with Gasteiger partial charge < -0.3 is 15.6 Å². The lowest BCUT2D eigenvalue weighted by Gasteiger charge is -2.09. The van der Waals surface area contributed by atoms with Crippen molar-refractivity contribution in [1.82, 2.24) is 15.0 Å². The summed E-state index contributed by atoms with van der Waals surface area (Å²) in [6, 6.07) is 15.3. The standard InChI is InChI=1S/C22H20FN5O/c1-14-12-20(21(29)27-17-8-6-16(23)7-9-17)28-22(26-14)24-11-10-15-13-25-19-5-3-2-4-18(15)19/h2-9,12-13,25H,10-11H2,1H3,(H,27,29)(H,24,26,28). The van der Waals surface area contributed by atoms with Crippen LogP contribution >= 0.6 is 0 Å². The van der Waals surface area contributed by atoms with Gasteiger partial charge in [-0.05, 0) is 55.3 Å². The molecule has 3 N–H and O–H groups in total. The predicted molar refractivity (Wildman–Crippen MR) is 112 cm³/mol. The van der Waals surface area contributed by atoms with E-state index in [1.54, 1.807) is 13.0 Å². The van der Waals surface area contributed by atoms with Gasteiger partial charge in [-0.3, -0.25) is 4.79 Å². The quantitative estimate of drug-likeness (QED) is 0.459. The summed E-state index contributed by atoms with van der Waals surface area (Å²) >= 11 is 0. The fourth-order valence-electron chi connectivity index (χ4n) is 3.14. The number of H-pyrrole nitrogens is 1. The number of aromatic amines is 1. The fourth-order valence-corrected chi connectivity index (χ4v) is 3.14. The van der Waals surface area contributed by atoms with E-state index in [0.29, 0.717) is 23.9 Å². The van der Waals surface area contributed by atoms with Crippen LogP contribution in [0.15, 0.2) is 60.8 Å². The lowest BCUT2D eigenvalue weighted by molar-refractivity contribution is 0.102. The van der Waals surface area contributed by atoms with Gasteiger partial charge in [0.25, 0.3) is 5.91 Å². The molecule has 0 atom stereocenters. The van der Waals surface area contributed by atoms with Crippen LogP contribution in [0.25, 0.3) is 10.9 Å². The first-order valence-corrected chi connectivity index (χ1v) is 9.30. The SMILES string of the molecule is Cc1cc(C(=O)Nc2ccc(F)cc2)nc(NCCc2c[nH]c3ccccc23)n1. The van der Waals surface area contributed by atoms with E-state index in [0.717, 1.165) is 11.9 Å². The Morgan fingerprint density at radius 2 is 1.90 bits per heavy atom. The molecule has 1 amide bonds. The predicted octanol–water partition coefficient (Wildman–Crippen LogP) is 4.31. The molecule has 0 saturated heterocycles. The summed E-state index contributed by atoms with van der Waals surface area (Å²) in [7, 11) is 0. The number of benzene rings is 2. The number of halogens is 1. The molecule has 7 heteroatoms. The number of aromatic nitrogens is 3. The minimum absolute atomic E-state index is 0.247. The number of para-hydroxylation sites is 1. The van der Waals surface area contributed by atoms with Gasteiger partial charge in [0.15, 0.2) is 0 Å². The number of fused-ring (bicyclic) bond motifs is 1. The van der Waals surface area contributed by atoms with Crippen molar-refractivity contribution in [3.05, 3.63) is 83.6 Å². The van der Waals surface area contributed by atoms with Gasteiger partial charge in [-0.1, -0.05) is 18.2 Å². The Labute approximate surface area is 167 Å². The summed E-state index contributed by atoms with van der Waals surface area (Å²) in [6.45, 7) is 2.44. The van der Waals surface area contributed by atoms with Gasteiger partial charge in [-0.25, -0.2) is 14.4 Å². The van der Waals surface area contributed by atoms with Crippen LogP contribution in [-0.4, -0.2) is 27.4 Å². The van der Waals surface area contributed by atoms with Crippen LogP contribution in [0, 0.1) is 12.7 Å². The maximum atomic E-state index is 13.0. The number of hydrogen-bond donors (Lipinski definition) is 3. The highest BCUT2D eigenvalue weighted by atomic mass is 19.1. The highest BCUT2D eigenvalue weighted by molar-refractivity contribution is 6.03. The summed E-state index contributed by atoms with van der Waals surface area (Å²) in [5.41, 5.74) is 3.74. The van der Waals surface area contributed by atoms with Gasteiger partial charge in [0, 0.05) is 35.0 Å². The van der Waals surface area contributed by atoms with E-state index in [1.807, 2.05) is 24.4 Å². The Bertz CT molecular complexity index is 1150. The van der Waals surface area contributed by atoms with Crippen molar-refractivity contribution in [3.63, 3.8) is 0 Å². The molecule has 4 rings (SSSR count). The lowest BCUT2D eigenvalue weighted by Crippen LogP contribution is -2.16. The highest BCUT2D eigenvalue weighted by Gasteiger charge is 2.11. The van der Waals surface area contributed by atoms with Crippen molar-refractivity contribution < 1.29 is 9.18 Å². The molecule has 0 radical (unpaired) electrons. The van der Waals surface area contributed by atoms with Gasteiger partial charge in [-0.2, -0.15) is 0 Å². The second-order valence-corrected chi connectivity index (χ2v) is 6.72. The number of anilines is 2. The Morgan fingerprint density at radius 1 is 1.10 bits per heavy atom. The van der Waals surface area contributed by atoms with Gasteiger partial charge >= 0.3 is 0 Å². The molecule has 0 unspecified atom stereocenters. The maximum absolute atomic E-state index is 13.0. The topological polar surface area (TPSA) is 82.7 Å². The first kappa shape index (κ1) is 18.6. The van der Waals surface area contributed by atoms with Gasteiger partial charge in [0.05, 0.1) is 0 Å². The first-order chi connectivity index (χ1) is 14.1. The molecule has 0 bridgehead atoms. The number of nitrogens with one attached hydrogen (secondary N) is 3. The van der Waals surface area contributed by atoms with Crippen LogP contribution in [0.3, 0.4) is 0 Å². The van der Waals surface area contributed by atoms with Crippen LogP contribution in [0.1, 0.15) is 21.7 Å². The van der Waals surface area contributed by atoms with E-state index < -0.39 is 0 Å². The van der Waals surface area contributed by atoms with Crippen LogP contribution in [-0.2, 0) is 6.42 Å². The van der Waals surface area contributed by atoms with Crippen molar-refractivity contribution in [2.24, 2.45) is 0 Å². The molecular weight excluding hydrogens is 369 g/mol. The van der Waals surface area contributed by atoms with E-state index in [-0.39, 0.29) is 17.4 Å². The number of carbonyl (C=O) groups excluding carboxylic acids is 1. The molecule has 4 aromatic rings. The molecule has 0 saturated carbocycles. The van der Waals surface area contributed by atoms with E-state index in [4.69, 9.17) is 0 Å². The molecule has 2 aromatic heterocycles. The minimum atomic E-state index is -0.373. The van der Waals surface area contributed by atoms with Crippen molar-refractivity contribution in [2.45, 2.75) is 13.3 Å². The Kier molecular flexibility index (Phi) is 5.20. The Hall–Kier alpha value is -3.74. The van der Waals surface area contributed by atoms with Gasteiger partial charge in [0.2, 0.25) is 5.95 Å². The van der Waals surface area contributed by atoms with Gasteiger partial charge in [0.1, 0.15) is 11.5 Å². The van der Waals surface area contributed by atoms with Crippen LogP contribution < -0.4 is 10.6 Å². The van der Waals surface area contributed by atoms with Crippen molar-refractivity contribution in [1.29, 1.82) is 0 Å². The van der Waals surface area contributed by atoms with Crippen molar-refractivity contribution in [2.75, 3.05) is 17.2 Å². The second kappa shape index (κ2) is 8.10. The lowest BCUT2D eigenvalue weighted by atomic mass is 10.1. The monoisotopic (exact) mass is 389 g/mol. The normalized spacial score (nSPS) is 10.8. The summed E-state index contributed by atoms with van der Waals surface area (Å²) in [5, 5.41) is 7.09. The van der Waals surface area contributed by atoms with Gasteiger partial charge in [-0.15, -0.1) is 0 Å². The third kappa shape index (κ3) is 4.40. The van der Waals surface area contributed by atoms with E-state index >= 15 is 0 Å². The molecule has 0 fully saturated rings. The Balaban J connectivity index is 1.42. The van der Waals surface area contributed by atoms with Crippen LogP contribution in [0.2, 0.25) is 0 Å². The summed E-state index contributed by atoms with van der Waals surface area (Å²) in [6.07, 6.45) is 2.80. The highest BCUT2D eigenvalue weighted by Crippen LogP contribution is 2.18. The molecular formula is C22H20FN5O. The molecule has 0 aliphatic heterocycles. The average Bonchev–Trinajstić information content (AvgIpc) is 3.12. The molecule has 0 aliphatic carbocycles. The van der Waals surface area contributed by atoms with E-state index in [2.05, 4.69) is 31.7 Å². The summed E-state index contributed by atoms with van der Waals surface area (Å²) < 4.78 is 13.0. The minimum Gasteiger partial charge on any atom is -0.361 e. The largest absolute Gasteiger partial charge is 0.361 e. The van der Waals surface area contributed by atoms with Crippen LogP contribution in [0.4, 0.5) is 16.0 Å². The third-order valence-corrected chi connectivity index (χ3v) is 4.54. The summed E-state index contributed by atoms with van der Waals surface area (Å²) in [5.74, 6) is -0.335. The Morgan fingerprint density at radius 3 is 2.72 bits per heavy atom. The zero-order valence-corrected chi connectivity index (χ0v) is 15.9. The van der Waals surface area contributed by atoms with Crippen LogP contribution in [0.5, 0.6) is 0 Å². The molecule has 2 aromatic carbocycles. The summed E-state index contributed by atoms with van der Waals surface area (Å²) in [4.78, 5) is 24.4. The number of amides is 1. The van der Waals surface area contributed by atoms with Crippen molar-refractivity contribution in [3.8, 4) is 0 Å². The zero-order chi connectivity index (χ0) is 20.2. The smallest absolute Gasteiger partial charge is 0.274 e. The second-order valence-electron chi connectivity index (χ2n) is 6.72. The number of aryl methyl sites for hydroxylation is 1. The molecule has 29 heavy (non-hydrogen) atoms.